The van der Waals surface area contributed by atoms with Gasteiger partial charge < -0.3 is 19.5 Å². The van der Waals surface area contributed by atoms with E-state index in [4.69, 9.17) is 9.47 Å². The van der Waals surface area contributed by atoms with Gasteiger partial charge >= 0.3 is 18.2 Å². The molecule has 0 fully saturated rings. The highest BCUT2D eigenvalue weighted by atomic mass is 16.6. The van der Waals surface area contributed by atoms with Gasteiger partial charge in [0, 0.05) is 6.42 Å². The maximum Gasteiger partial charge on any atom is 0.414 e. The molecular formula is C17H30N2O7. The van der Waals surface area contributed by atoms with Gasteiger partial charge in [-0.15, -0.1) is 0 Å². The molecule has 0 aliphatic heterocycles. The molecule has 0 aromatic carbocycles. The largest absolute Gasteiger partial charge is 0.467 e. The Morgan fingerprint density at radius 2 is 1.38 bits per heavy atom. The predicted molar refractivity (Wildman–Crippen MR) is 93.4 cm³/mol. The van der Waals surface area contributed by atoms with Crippen molar-refractivity contribution in [1.29, 1.82) is 0 Å². The molecule has 0 spiro atoms. The maximum atomic E-state index is 11.8. The zero-order chi connectivity index (χ0) is 20.5. The van der Waals surface area contributed by atoms with Crippen LogP contribution in [0.2, 0.25) is 0 Å². The summed E-state index contributed by atoms with van der Waals surface area (Å²) in [6.07, 6.45) is -1.23. The van der Waals surface area contributed by atoms with E-state index in [0.717, 1.165) is 0 Å². The first-order valence-electron chi connectivity index (χ1n) is 8.33. The van der Waals surface area contributed by atoms with Crippen molar-refractivity contribution in [3.05, 3.63) is 0 Å². The highest BCUT2D eigenvalue weighted by Crippen LogP contribution is 2.10. The molecule has 0 bridgehead atoms. The van der Waals surface area contributed by atoms with Crippen molar-refractivity contribution in [3.63, 3.8) is 0 Å². The van der Waals surface area contributed by atoms with Crippen LogP contribution in [0, 0.1) is 0 Å². The smallest absolute Gasteiger partial charge is 0.414 e. The van der Waals surface area contributed by atoms with Crippen LogP contribution >= 0.6 is 0 Å². The summed E-state index contributed by atoms with van der Waals surface area (Å²) >= 11 is 0. The summed E-state index contributed by atoms with van der Waals surface area (Å²) in [7, 11) is 1.20. The lowest BCUT2D eigenvalue weighted by Crippen LogP contribution is -2.44. The summed E-state index contributed by atoms with van der Waals surface area (Å²) in [4.78, 5) is 46.8. The van der Waals surface area contributed by atoms with E-state index in [-0.39, 0.29) is 19.3 Å². The molecule has 0 aromatic heterocycles. The van der Waals surface area contributed by atoms with Crippen LogP contribution in [0.3, 0.4) is 0 Å². The van der Waals surface area contributed by atoms with Crippen molar-refractivity contribution in [2.75, 3.05) is 7.11 Å². The Morgan fingerprint density at radius 1 is 0.885 bits per heavy atom. The zero-order valence-corrected chi connectivity index (χ0v) is 16.6. The number of carbonyl (C=O) groups is 4. The van der Waals surface area contributed by atoms with Crippen LogP contribution in [0.15, 0.2) is 0 Å². The number of methoxy groups -OCH3 is 1. The zero-order valence-electron chi connectivity index (χ0n) is 16.6. The van der Waals surface area contributed by atoms with Gasteiger partial charge in [0.25, 0.3) is 0 Å². The van der Waals surface area contributed by atoms with E-state index < -0.39 is 41.3 Å². The number of nitrogens with one attached hydrogen (secondary N) is 2. The van der Waals surface area contributed by atoms with Gasteiger partial charge in [-0.3, -0.25) is 10.1 Å². The van der Waals surface area contributed by atoms with Gasteiger partial charge in [0.05, 0.1) is 7.11 Å². The molecule has 150 valence electrons. The molecule has 9 heteroatoms. The van der Waals surface area contributed by atoms with Gasteiger partial charge in [-0.05, 0) is 54.4 Å². The van der Waals surface area contributed by atoms with Crippen LogP contribution in [0.4, 0.5) is 9.59 Å². The number of hydrogen-bond acceptors (Lipinski definition) is 7. The number of rotatable bonds is 6. The van der Waals surface area contributed by atoms with E-state index in [1.54, 1.807) is 41.5 Å². The van der Waals surface area contributed by atoms with E-state index >= 15 is 0 Å². The van der Waals surface area contributed by atoms with Crippen LogP contribution in [0.25, 0.3) is 0 Å². The standard InChI is InChI=1S/C17H30N2O7/c1-16(2,3)25-14(22)18-11(13(21)24-7)9-8-10-12(20)19-15(23)26-17(4,5)6/h11H,8-10H2,1-7H3,(H,18,22)(H,19,20,23)/t11-/m0/s1. The molecule has 0 unspecified atom stereocenters. The molecule has 0 rings (SSSR count). The first-order chi connectivity index (χ1) is 11.7. The molecule has 9 nitrogen and oxygen atoms in total. The van der Waals surface area contributed by atoms with Gasteiger partial charge in [0.2, 0.25) is 5.91 Å². The van der Waals surface area contributed by atoms with Gasteiger partial charge in [-0.1, -0.05) is 0 Å². The third-order valence-corrected chi connectivity index (χ3v) is 2.71. The Hall–Kier alpha value is -2.32. The Morgan fingerprint density at radius 3 is 1.85 bits per heavy atom. The first-order valence-corrected chi connectivity index (χ1v) is 8.33. The second-order valence-corrected chi connectivity index (χ2v) is 7.66. The summed E-state index contributed by atoms with van der Waals surface area (Å²) in [5.41, 5.74) is -1.42. The highest BCUT2D eigenvalue weighted by Gasteiger charge is 2.25. The van der Waals surface area contributed by atoms with Gasteiger partial charge in [0.1, 0.15) is 17.2 Å². The monoisotopic (exact) mass is 374 g/mol. The Labute approximate surface area is 154 Å². The fraction of sp³-hybridized carbons (Fsp3) is 0.765. The van der Waals surface area contributed by atoms with E-state index in [1.165, 1.54) is 7.11 Å². The molecular weight excluding hydrogens is 344 g/mol. The maximum absolute atomic E-state index is 11.8. The Kier molecular flexibility index (Phi) is 9.09. The van der Waals surface area contributed by atoms with Crippen molar-refractivity contribution in [2.24, 2.45) is 0 Å². The fourth-order valence-corrected chi connectivity index (χ4v) is 1.79. The first kappa shape index (κ1) is 23.7. The van der Waals surface area contributed by atoms with Crippen LogP contribution in [0.1, 0.15) is 60.8 Å². The highest BCUT2D eigenvalue weighted by molar-refractivity contribution is 5.91. The third kappa shape index (κ3) is 12.1. The number of imide groups is 1. The minimum atomic E-state index is -0.954. The van der Waals surface area contributed by atoms with Gasteiger partial charge in [0.15, 0.2) is 0 Å². The summed E-state index contributed by atoms with van der Waals surface area (Å²) in [6, 6.07) is -0.954. The number of hydrogen-bond donors (Lipinski definition) is 2. The number of esters is 1. The van der Waals surface area contributed by atoms with Crippen LogP contribution in [-0.2, 0) is 23.8 Å². The Balaban J connectivity index is 4.45. The van der Waals surface area contributed by atoms with Gasteiger partial charge in [-0.25, -0.2) is 14.4 Å². The van der Waals surface area contributed by atoms with Crippen molar-refractivity contribution >= 4 is 24.1 Å². The summed E-state index contributed by atoms with van der Waals surface area (Å²) < 4.78 is 14.7. The topological polar surface area (TPSA) is 120 Å². The average Bonchev–Trinajstić information content (AvgIpc) is 2.40. The summed E-state index contributed by atoms with van der Waals surface area (Å²) in [6.45, 7) is 10.1. The molecule has 0 saturated carbocycles. The van der Waals surface area contributed by atoms with E-state index in [1.807, 2.05) is 0 Å². The molecule has 0 saturated heterocycles. The van der Waals surface area contributed by atoms with Crippen LogP contribution < -0.4 is 10.6 Å². The van der Waals surface area contributed by atoms with E-state index in [0.29, 0.717) is 0 Å². The predicted octanol–water partition coefficient (Wildman–Crippen LogP) is 2.27. The number of carbonyl (C=O) groups excluding carboxylic acids is 4. The summed E-state index contributed by atoms with van der Waals surface area (Å²) in [5, 5.41) is 4.51. The molecule has 26 heavy (non-hydrogen) atoms. The molecule has 0 aliphatic rings. The lowest BCUT2D eigenvalue weighted by Gasteiger charge is -2.22. The van der Waals surface area contributed by atoms with Crippen LogP contribution in [0.5, 0.6) is 0 Å². The molecule has 0 aliphatic carbocycles. The molecule has 1 atom stereocenters. The van der Waals surface area contributed by atoms with Crippen LogP contribution in [-0.4, -0.2) is 48.4 Å². The fourth-order valence-electron chi connectivity index (χ4n) is 1.79. The minimum absolute atomic E-state index is 0.0251. The third-order valence-electron chi connectivity index (χ3n) is 2.71. The van der Waals surface area contributed by atoms with E-state index in [2.05, 4.69) is 15.4 Å². The van der Waals surface area contributed by atoms with Crippen molar-refractivity contribution in [3.8, 4) is 0 Å². The van der Waals surface area contributed by atoms with Gasteiger partial charge in [-0.2, -0.15) is 0 Å². The Bertz CT molecular complexity index is 518. The number of alkyl carbamates (subject to hydrolysis) is 2. The second-order valence-electron chi connectivity index (χ2n) is 7.66. The van der Waals surface area contributed by atoms with Crippen molar-refractivity contribution < 1.29 is 33.4 Å². The molecule has 0 heterocycles. The van der Waals surface area contributed by atoms with Crippen molar-refractivity contribution in [1.82, 2.24) is 10.6 Å². The molecule has 2 N–H and O–H groups in total. The molecule has 0 radical (unpaired) electrons. The average molecular weight is 374 g/mol. The lowest BCUT2D eigenvalue weighted by atomic mass is 10.1. The van der Waals surface area contributed by atoms with E-state index in [9.17, 15) is 19.2 Å². The summed E-state index contributed by atoms with van der Waals surface area (Å²) in [5.74, 6) is -1.19. The quantitative estimate of drug-likeness (QED) is 0.540. The molecule has 0 aromatic rings. The number of amides is 3. The number of ether oxygens (including phenoxy) is 3. The van der Waals surface area contributed by atoms with Crippen molar-refractivity contribution in [2.45, 2.75) is 78.0 Å². The minimum Gasteiger partial charge on any atom is -0.467 e. The lowest BCUT2D eigenvalue weighted by molar-refractivity contribution is -0.143. The normalized spacial score (nSPS) is 12.6. The second kappa shape index (κ2) is 9.98. The SMILES string of the molecule is COC(=O)[C@H](CCCC(=O)NC(=O)OC(C)(C)C)NC(=O)OC(C)(C)C. The molecule has 3 amide bonds.